The van der Waals surface area contributed by atoms with E-state index in [0.717, 1.165) is 22.2 Å². The summed E-state index contributed by atoms with van der Waals surface area (Å²) in [5, 5.41) is 9.87. The van der Waals surface area contributed by atoms with E-state index < -0.39 is 0 Å². The number of nitrogens with zero attached hydrogens (tertiary/aromatic N) is 2. The maximum Gasteiger partial charge on any atom is 0.120 e. The Kier molecular flexibility index (Phi) is 2.52. The van der Waals surface area contributed by atoms with Crippen LogP contribution in [-0.2, 0) is 6.54 Å². The fourth-order valence-electron chi connectivity index (χ4n) is 2.16. The first kappa shape index (κ1) is 10.8. The Hall–Kier alpha value is -2.29. The van der Waals surface area contributed by atoms with Gasteiger partial charge in [-0.05, 0) is 25.1 Å². The molecule has 1 N–H and O–H groups in total. The standard InChI is InChI=1S/C15H14N2O/c1-11-6-7-15(18)12(8-11)9-17-10-16-13-4-2-3-5-14(13)17/h2-8,10,18H,9H2,1H3. The molecule has 0 atom stereocenters. The van der Waals surface area contributed by atoms with E-state index in [0.29, 0.717) is 12.3 Å². The molecule has 0 aliphatic rings. The van der Waals surface area contributed by atoms with Crippen molar-refractivity contribution in [2.75, 3.05) is 0 Å². The minimum atomic E-state index is 0.332. The smallest absolute Gasteiger partial charge is 0.120 e. The molecular formula is C15H14N2O. The monoisotopic (exact) mass is 238 g/mol. The first-order valence-corrected chi connectivity index (χ1v) is 5.92. The third-order valence-electron chi connectivity index (χ3n) is 3.10. The fraction of sp³-hybridized carbons (Fsp3) is 0.133. The van der Waals surface area contributed by atoms with Crippen molar-refractivity contribution in [2.45, 2.75) is 13.5 Å². The highest BCUT2D eigenvalue weighted by Gasteiger charge is 2.05. The number of aryl methyl sites for hydroxylation is 1. The summed E-state index contributed by atoms with van der Waals surface area (Å²) < 4.78 is 2.05. The molecule has 0 aliphatic carbocycles. The predicted molar refractivity (Wildman–Crippen MR) is 71.7 cm³/mol. The Morgan fingerprint density at radius 1 is 1.17 bits per heavy atom. The van der Waals surface area contributed by atoms with Gasteiger partial charge in [0.05, 0.1) is 23.9 Å². The number of hydrogen-bond donors (Lipinski definition) is 1. The molecule has 90 valence electrons. The van der Waals surface area contributed by atoms with Crippen LogP contribution in [0.1, 0.15) is 11.1 Å². The third-order valence-corrected chi connectivity index (χ3v) is 3.10. The Morgan fingerprint density at radius 2 is 2.00 bits per heavy atom. The molecule has 0 radical (unpaired) electrons. The van der Waals surface area contributed by atoms with Gasteiger partial charge < -0.3 is 9.67 Å². The zero-order chi connectivity index (χ0) is 12.5. The van der Waals surface area contributed by atoms with Crippen molar-refractivity contribution < 1.29 is 5.11 Å². The number of imidazole rings is 1. The third kappa shape index (κ3) is 1.84. The highest BCUT2D eigenvalue weighted by atomic mass is 16.3. The summed E-state index contributed by atoms with van der Waals surface area (Å²) in [5.74, 6) is 0.332. The molecule has 2 aromatic carbocycles. The maximum atomic E-state index is 9.87. The Bertz CT molecular complexity index is 701. The molecule has 0 saturated carbocycles. The first-order chi connectivity index (χ1) is 8.74. The molecule has 0 aliphatic heterocycles. The van der Waals surface area contributed by atoms with Crippen LogP contribution in [0.5, 0.6) is 5.75 Å². The zero-order valence-corrected chi connectivity index (χ0v) is 10.2. The van der Waals surface area contributed by atoms with Crippen molar-refractivity contribution in [2.24, 2.45) is 0 Å². The molecule has 0 spiro atoms. The second-order valence-corrected chi connectivity index (χ2v) is 4.49. The van der Waals surface area contributed by atoms with Crippen molar-refractivity contribution >= 4 is 11.0 Å². The number of aromatic hydroxyl groups is 1. The van der Waals surface area contributed by atoms with Gasteiger partial charge in [0.1, 0.15) is 5.75 Å². The van der Waals surface area contributed by atoms with E-state index >= 15 is 0 Å². The second-order valence-electron chi connectivity index (χ2n) is 4.49. The minimum Gasteiger partial charge on any atom is -0.508 e. The normalized spacial score (nSPS) is 10.9. The second kappa shape index (κ2) is 4.18. The van der Waals surface area contributed by atoms with E-state index in [9.17, 15) is 5.11 Å². The van der Waals surface area contributed by atoms with Crippen LogP contribution >= 0.6 is 0 Å². The molecule has 1 heterocycles. The van der Waals surface area contributed by atoms with E-state index in [1.807, 2.05) is 54.2 Å². The number of aromatic nitrogens is 2. The molecule has 3 rings (SSSR count). The van der Waals surface area contributed by atoms with Gasteiger partial charge in [0.25, 0.3) is 0 Å². The summed E-state index contributed by atoms with van der Waals surface area (Å²) >= 11 is 0. The molecule has 0 fully saturated rings. The van der Waals surface area contributed by atoms with Gasteiger partial charge >= 0.3 is 0 Å². The minimum absolute atomic E-state index is 0.332. The SMILES string of the molecule is Cc1ccc(O)c(Cn2cnc3ccccc32)c1. The van der Waals surface area contributed by atoms with Gasteiger partial charge in [-0.25, -0.2) is 4.98 Å². The van der Waals surface area contributed by atoms with Gasteiger partial charge in [0.2, 0.25) is 0 Å². The number of fused-ring (bicyclic) bond motifs is 1. The summed E-state index contributed by atoms with van der Waals surface area (Å²) in [5.41, 5.74) is 4.12. The molecule has 0 bridgehead atoms. The van der Waals surface area contributed by atoms with Crippen LogP contribution < -0.4 is 0 Å². The van der Waals surface area contributed by atoms with E-state index in [4.69, 9.17) is 0 Å². The predicted octanol–water partition coefficient (Wildman–Crippen LogP) is 3.10. The first-order valence-electron chi connectivity index (χ1n) is 5.92. The Balaban J connectivity index is 2.04. The number of hydrogen-bond acceptors (Lipinski definition) is 2. The quantitative estimate of drug-likeness (QED) is 0.745. The van der Waals surface area contributed by atoms with E-state index in [1.165, 1.54) is 0 Å². The van der Waals surface area contributed by atoms with Crippen LogP contribution in [0.3, 0.4) is 0 Å². The molecule has 3 heteroatoms. The largest absolute Gasteiger partial charge is 0.508 e. The molecule has 1 aromatic heterocycles. The number of benzene rings is 2. The lowest BCUT2D eigenvalue weighted by Gasteiger charge is -2.07. The topological polar surface area (TPSA) is 38.0 Å². The molecule has 0 unspecified atom stereocenters. The van der Waals surface area contributed by atoms with Crippen molar-refractivity contribution in [1.82, 2.24) is 9.55 Å². The zero-order valence-electron chi connectivity index (χ0n) is 10.2. The van der Waals surface area contributed by atoms with Gasteiger partial charge in [-0.2, -0.15) is 0 Å². The van der Waals surface area contributed by atoms with Crippen LogP contribution in [0.2, 0.25) is 0 Å². The molecule has 18 heavy (non-hydrogen) atoms. The number of phenols is 1. The number of phenolic OH excluding ortho intramolecular Hbond substituents is 1. The van der Waals surface area contributed by atoms with Gasteiger partial charge in [-0.15, -0.1) is 0 Å². The van der Waals surface area contributed by atoms with Gasteiger partial charge in [-0.1, -0.05) is 29.8 Å². The highest BCUT2D eigenvalue weighted by molar-refractivity contribution is 5.75. The van der Waals surface area contributed by atoms with Gasteiger partial charge in [-0.3, -0.25) is 0 Å². The van der Waals surface area contributed by atoms with Crippen molar-refractivity contribution in [1.29, 1.82) is 0 Å². The summed E-state index contributed by atoms with van der Waals surface area (Å²) in [6.07, 6.45) is 1.81. The van der Waals surface area contributed by atoms with Crippen LogP contribution in [0, 0.1) is 6.92 Å². The molecule has 0 saturated heterocycles. The lowest BCUT2D eigenvalue weighted by Crippen LogP contribution is -1.98. The molecule has 3 aromatic rings. The molecular weight excluding hydrogens is 224 g/mol. The van der Waals surface area contributed by atoms with Crippen LogP contribution in [0.4, 0.5) is 0 Å². The molecule has 0 amide bonds. The van der Waals surface area contributed by atoms with Crippen LogP contribution in [0.15, 0.2) is 48.8 Å². The average molecular weight is 238 g/mol. The van der Waals surface area contributed by atoms with Crippen LogP contribution in [-0.4, -0.2) is 14.7 Å². The van der Waals surface area contributed by atoms with E-state index in [2.05, 4.69) is 4.98 Å². The van der Waals surface area contributed by atoms with Crippen molar-refractivity contribution in [3.63, 3.8) is 0 Å². The summed E-state index contributed by atoms with van der Waals surface area (Å²) in [6.45, 7) is 2.66. The highest BCUT2D eigenvalue weighted by Crippen LogP contribution is 2.21. The summed E-state index contributed by atoms with van der Waals surface area (Å²) in [7, 11) is 0. The Morgan fingerprint density at radius 3 is 2.89 bits per heavy atom. The van der Waals surface area contributed by atoms with Crippen molar-refractivity contribution in [3.05, 3.63) is 59.9 Å². The van der Waals surface area contributed by atoms with Gasteiger partial charge in [0, 0.05) is 5.56 Å². The average Bonchev–Trinajstić information content (AvgIpc) is 2.78. The van der Waals surface area contributed by atoms with Crippen LogP contribution in [0.25, 0.3) is 11.0 Å². The fourth-order valence-corrected chi connectivity index (χ4v) is 2.16. The van der Waals surface area contributed by atoms with Gasteiger partial charge in [0.15, 0.2) is 0 Å². The number of para-hydroxylation sites is 2. The Labute approximate surface area is 105 Å². The molecule has 3 nitrogen and oxygen atoms in total. The lowest BCUT2D eigenvalue weighted by molar-refractivity contribution is 0.466. The van der Waals surface area contributed by atoms with Crippen molar-refractivity contribution in [3.8, 4) is 5.75 Å². The van der Waals surface area contributed by atoms with E-state index in [1.54, 1.807) is 6.07 Å². The maximum absolute atomic E-state index is 9.87. The summed E-state index contributed by atoms with van der Waals surface area (Å²) in [4.78, 5) is 4.35. The van der Waals surface area contributed by atoms with E-state index in [-0.39, 0.29) is 0 Å². The summed E-state index contributed by atoms with van der Waals surface area (Å²) in [6, 6.07) is 13.6. The lowest BCUT2D eigenvalue weighted by atomic mass is 10.1. The number of rotatable bonds is 2.